The standard InChI is InChI=1S/C68H55NO4/c1-65(2)50-25-26-60-63(45-16-12-14-18-59(45)72-60)61(50)48-34-54-46(32-56(48)65)41-21-19-36(29-52(41)67(54,5)6)69(38-27-39(70-9)31-40(28-38)71-10)37-20-22-42-47-33-57-49(35-55(47)68(7,8)53(42)30-37)62-51(66(57,3)4)24-23-44-43-15-11-13-17-58(43)73-64(44)62/h11-35H,1-10H3. The van der Waals surface area contributed by atoms with Gasteiger partial charge >= 0.3 is 0 Å². The minimum atomic E-state index is -0.301. The highest BCUT2D eigenvalue weighted by atomic mass is 16.5. The van der Waals surface area contributed by atoms with Gasteiger partial charge in [-0.1, -0.05) is 122 Å². The number of ether oxygens (including phenoxy) is 2. The zero-order chi connectivity index (χ0) is 49.8. The van der Waals surface area contributed by atoms with Gasteiger partial charge in [0, 0.05) is 78.3 Å². The van der Waals surface area contributed by atoms with E-state index in [-0.39, 0.29) is 21.7 Å². The van der Waals surface area contributed by atoms with Crippen molar-refractivity contribution in [2.45, 2.75) is 77.0 Å². The van der Waals surface area contributed by atoms with Crippen LogP contribution in [0, 0.1) is 0 Å². The fraction of sp³-hybridized carbons (Fsp3) is 0.206. The smallest absolute Gasteiger partial charge is 0.143 e. The van der Waals surface area contributed by atoms with E-state index >= 15 is 0 Å². The molecule has 5 heteroatoms. The number of hydrogen-bond donors (Lipinski definition) is 0. The molecular weight excluding hydrogens is 895 g/mol. The fourth-order valence-corrected chi connectivity index (χ4v) is 14.1. The number of rotatable bonds is 5. The summed E-state index contributed by atoms with van der Waals surface area (Å²) in [5, 5.41) is 4.71. The predicted octanol–water partition coefficient (Wildman–Crippen LogP) is 18.2. The number of nitrogens with zero attached hydrogens (tertiary/aromatic N) is 1. The van der Waals surface area contributed by atoms with Crippen molar-refractivity contribution in [1.82, 2.24) is 0 Å². The van der Waals surface area contributed by atoms with Crippen molar-refractivity contribution >= 4 is 60.9 Å². The van der Waals surface area contributed by atoms with Gasteiger partial charge in [0.1, 0.15) is 33.8 Å². The van der Waals surface area contributed by atoms with Crippen LogP contribution in [0.4, 0.5) is 17.1 Å². The lowest BCUT2D eigenvalue weighted by Crippen LogP contribution is -2.18. The molecule has 0 unspecified atom stereocenters. The second-order valence-corrected chi connectivity index (χ2v) is 23.2. The molecule has 0 atom stereocenters. The van der Waals surface area contributed by atoms with Gasteiger partial charge in [-0.05, 0) is 150 Å². The number of methoxy groups -OCH3 is 2. The fourth-order valence-electron chi connectivity index (χ4n) is 14.1. The Morgan fingerprint density at radius 2 is 0.808 bits per heavy atom. The van der Waals surface area contributed by atoms with Crippen molar-refractivity contribution in [3.63, 3.8) is 0 Å². The van der Waals surface area contributed by atoms with E-state index in [0.717, 1.165) is 56.3 Å². The first-order chi connectivity index (χ1) is 35.1. The van der Waals surface area contributed by atoms with E-state index < -0.39 is 0 Å². The summed E-state index contributed by atoms with van der Waals surface area (Å²) in [7, 11) is 3.45. The molecule has 9 aromatic carbocycles. The van der Waals surface area contributed by atoms with Crippen LogP contribution >= 0.6 is 0 Å². The third kappa shape index (κ3) is 5.37. The zero-order valence-electron chi connectivity index (χ0n) is 43.0. The molecule has 0 fully saturated rings. The molecule has 0 aliphatic heterocycles. The van der Waals surface area contributed by atoms with Crippen molar-refractivity contribution in [2.24, 2.45) is 0 Å². The van der Waals surface area contributed by atoms with Gasteiger partial charge < -0.3 is 23.2 Å². The Bertz CT molecular complexity index is 4280. The molecule has 0 bridgehead atoms. The summed E-state index contributed by atoms with van der Waals surface area (Å²) in [6.07, 6.45) is 0. The van der Waals surface area contributed by atoms with Crippen molar-refractivity contribution in [3.8, 4) is 56.0 Å². The lowest BCUT2D eigenvalue weighted by Gasteiger charge is -2.30. The molecule has 0 saturated heterocycles. The van der Waals surface area contributed by atoms with E-state index in [9.17, 15) is 0 Å². The van der Waals surface area contributed by atoms with Gasteiger partial charge in [0.2, 0.25) is 0 Å². The van der Waals surface area contributed by atoms with E-state index in [0.29, 0.717) is 0 Å². The minimum absolute atomic E-state index is 0.190. The monoisotopic (exact) mass is 949 g/mol. The average Bonchev–Trinajstić information content (AvgIpc) is 4.17. The van der Waals surface area contributed by atoms with Crippen molar-refractivity contribution in [2.75, 3.05) is 19.1 Å². The maximum Gasteiger partial charge on any atom is 0.143 e. The minimum Gasteiger partial charge on any atom is -0.497 e. The first-order valence-corrected chi connectivity index (χ1v) is 25.7. The van der Waals surface area contributed by atoms with Gasteiger partial charge in [-0.25, -0.2) is 0 Å². The number of fused-ring (bicyclic) bond motifs is 20. The molecule has 0 amide bonds. The Morgan fingerprint density at radius 3 is 1.40 bits per heavy atom. The number of benzene rings is 9. The van der Waals surface area contributed by atoms with E-state index in [4.69, 9.17) is 18.3 Å². The summed E-state index contributed by atoms with van der Waals surface area (Å²) >= 11 is 0. The van der Waals surface area contributed by atoms with Crippen LogP contribution in [0.3, 0.4) is 0 Å². The number of para-hydroxylation sites is 2. The third-order valence-corrected chi connectivity index (χ3v) is 18.0. The number of furan rings is 2. The normalized spacial score (nSPS) is 16.2. The highest BCUT2D eigenvalue weighted by Crippen LogP contribution is 2.61. The Labute approximate surface area is 425 Å². The SMILES string of the molecule is COc1cc(OC)cc(N(c2ccc3c(c2)C(C)(C)c2cc4c(cc2-3)C(C)(C)c2ccc3c(oc5ccccc53)c2-4)c2ccc3c(c2)C(C)(C)c2cc4c(cc2-3)C(C)(C)c2ccc3oc5ccccc5c3c2-4)c1. The summed E-state index contributed by atoms with van der Waals surface area (Å²) in [4.78, 5) is 2.39. The van der Waals surface area contributed by atoms with E-state index in [1.807, 2.05) is 6.07 Å². The van der Waals surface area contributed by atoms with Crippen molar-refractivity contribution in [3.05, 3.63) is 196 Å². The first kappa shape index (κ1) is 42.6. The average molecular weight is 950 g/mol. The lowest BCUT2D eigenvalue weighted by molar-refractivity contribution is 0.394. The first-order valence-electron chi connectivity index (χ1n) is 25.7. The van der Waals surface area contributed by atoms with Crippen LogP contribution in [-0.4, -0.2) is 14.2 Å². The topological polar surface area (TPSA) is 48.0 Å². The lowest BCUT2D eigenvalue weighted by atomic mass is 9.79. The van der Waals surface area contributed by atoms with E-state index in [2.05, 4.69) is 206 Å². The Morgan fingerprint density at radius 1 is 0.342 bits per heavy atom. The number of hydrogen-bond acceptors (Lipinski definition) is 5. The Hall–Kier alpha value is -8.02. The highest BCUT2D eigenvalue weighted by molar-refractivity contribution is 6.16. The van der Waals surface area contributed by atoms with Crippen molar-refractivity contribution in [1.29, 1.82) is 0 Å². The summed E-state index contributed by atoms with van der Waals surface area (Å²) in [5.41, 5.74) is 26.8. The van der Waals surface area contributed by atoms with Gasteiger partial charge in [-0.15, -0.1) is 0 Å². The van der Waals surface area contributed by atoms with E-state index in [1.54, 1.807) is 14.2 Å². The maximum atomic E-state index is 6.73. The maximum absolute atomic E-state index is 6.73. The van der Waals surface area contributed by atoms with Gasteiger partial charge in [0.25, 0.3) is 0 Å². The molecule has 4 aliphatic carbocycles. The van der Waals surface area contributed by atoms with Gasteiger partial charge in [-0.3, -0.25) is 0 Å². The molecule has 5 nitrogen and oxygen atoms in total. The summed E-state index contributed by atoms with van der Waals surface area (Å²) in [6.45, 7) is 19.1. The molecule has 4 aliphatic rings. The molecule has 73 heavy (non-hydrogen) atoms. The molecule has 15 rings (SSSR count). The van der Waals surface area contributed by atoms with Crippen LogP contribution in [0.2, 0.25) is 0 Å². The summed E-state index contributed by atoms with van der Waals surface area (Å²) in [5.74, 6) is 1.46. The second-order valence-electron chi connectivity index (χ2n) is 23.2. The molecule has 0 spiro atoms. The predicted molar refractivity (Wildman–Crippen MR) is 299 cm³/mol. The van der Waals surface area contributed by atoms with Gasteiger partial charge in [0.05, 0.1) is 19.9 Å². The quantitative estimate of drug-likeness (QED) is 0.172. The van der Waals surface area contributed by atoms with Crippen LogP contribution in [0.5, 0.6) is 11.5 Å². The van der Waals surface area contributed by atoms with Gasteiger partial charge in [0.15, 0.2) is 0 Å². The summed E-state index contributed by atoms with van der Waals surface area (Å²) in [6, 6.07) is 56.3. The van der Waals surface area contributed by atoms with E-state index in [1.165, 1.54) is 105 Å². The third-order valence-electron chi connectivity index (χ3n) is 18.0. The Kier molecular flexibility index (Phi) is 8.14. The highest BCUT2D eigenvalue weighted by Gasteiger charge is 2.45. The second kappa shape index (κ2) is 13.9. The van der Waals surface area contributed by atoms with Crippen LogP contribution in [-0.2, 0) is 21.7 Å². The molecule has 356 valence electrons. The van der Waals surface area contributed by atoms with Crippen LogP contribution < -0.4 is 14.4 Å². The molecule has 11 aromatic rings. The molecular formula is C68H55NO4. The Balaban J connectivity index is 0.878. The van der Waals surface area contributed by atoms with Gasteiger partial charge in [-0.2, -0.15) is 0 Å². The number of anilines is 3. The van der Waals surface area contributed by atoms with Crippen LogP contribution in [0.1, 0.15) is 99.9 Å². The largest absolute Gasteiger partial charge is 0.497 e. The van der Waals surface area contributed by atoms with Crippen molar-refractivity contribution < 1.29 is 18.3 Å². The van der Waals surface area contributed by atoms with Crippen LogP contribution in [0.25, 0.3) is 88.4 Å². The molecule has 2 heterocycles. The molecule has 0 saturated carbocycles. The summed E-state index contributed by atoms with van der Waals surface area (Å²) < 4.78 is 25.1. The zero-order valence-corrected chi connectivity index (χ0v) is 43.0. The molecule has 2 aromatic heterocycles. The molecule has 0 N–H and O–H groups in total. The molecule has 0 radical (unpaired) electrons. The van der Waals surface area contributed by atoms with Crippen LogP contribution in [0.15, 0.2) is 160 Å².